The van der Waals surface area contributed by atoms with E-state index in [1.807, 2.05) is 32.0 Å². The second-order valence-electron chi connectivity index (χ2n) is 15.0. The van der Waals surface area contributed by atoms with Crippen molar-refractivity contribution in [3.05, 3.63) is 106 Å². The Morgan fingerprint density at radius 1 is 0.792 bits per heavy atom. The lowest BCUT2D eigenvalue weighted by Gasteiger charge is -2.31. The molecule has 0 bridgehead atoms. The molecule has 0 heterocycles. The molecular formula is C45H58ClN3O4. The number of carbonyl (C=O) groups excluding carboxylic acids is 2. The third-order valence-corrected chi connectivity index (χ3v) is 11.2. The Kier molecular flexibility index (Phi) is 13.7. The number of hydrogen-bond acceptors (Lipinski definition) is 6. The molecule has 8 heteroatoms. The molecule has 4 aromatic rings. The first-order valence-corrected chi connectivity index (χ1v) is 19.3. The quantitative estimate of drug-likeness (QED) is 0.0880. The second-order valence-corrected chi connectivity index (χ2v) is 15.4. The highest BCUT2D eigenvalue weighted by Crippen LogP contribution is 2.43. The van der Waals surface area contributed by atoms with Crippen LogP contribution >= 0.6 is 11.6 Å². The van der Waals surface area contributed by atoms with Crippen LogP contribution in [-0.4, -0.2) is 31.1 Å². The molecule has 0 spiro atoms. The van der Waals surface area contributed by atoms with Gasteiger partial charge in [-0.3, -0.25) is 4.79 Å². The van der Waals surface area contributed by atoms with Gasteiger partial charge in [-0.25, -0.2) is 4.79 Å². The Morgan fingerprint density at radius 3 is 2.04 bits per heavy atom. The van der Waals surface area contributed by atoms with Crippen molar-refractivity contribution in [1.29, 1.82) is 0 Å². The number of aryl methyl sites for hydroxylation is 1. The minimum Gasteiger partial charge on any atom is -0.480 e. The lowest BCUT2D eigenvalue weighted by molar-refractivity contribution is -0.122. The number of anilines is 4. The van der Waals surface area contributed by atoms with Gasteiger partial charge in [0, 0.05) is 35.7 Å². The summed E-state index contributed by atoms with van der Waals surface area (Å²) in [6, 6.07) is 23.1. The third kappa shape index (κ3) is 9.55. The van der Waals surface area contributed by atoms with Gasteiger partial charge in [-0.2, -0.15) is 0 Å². The van der Waals surface area contributed by atoms with Gasteiger partial charge in [-0.1, -0.05) is 90.4 Å². The number of rotatable bonds is 16. The van der Waals surface area contributed by atoms with Crippen LogP contribution in [0.25, 0.3) is 0 Å². The smallest absolute Gasteiger partial charge is 0.343 e. The molecular weight excluding hydrogens is 682 g/mol. The number of benzene rings is 4. The predicted octanol–water partition coefficient (Wildman–Crippen LogP) is 11.9. The van der Waals surface area contributed by atoms with Crippen molar-refractivity contribution >= 4 is 46.2 Å². The predicted molar refractivity (Wildman–Crippen MR) is 222 cm³/mol. The summed E-state index contributed by atoms with van der Waals surface area (Å²) in [4.78, 5) is 29.8. The van der Waals surface area contributed by atoms with Crippen LogP contribution in [-0.2, 0) is 15.6 Å². The summed E-state index contributed by atoms with van der Waals surface area (Å²) in [7, 11) is 0. The second kappa shape index (κ2) is 17.6. The zero-order chi connectivity index (χ0) is 39.1. The van der Waals surface area contributed by atoms with Crippen molar-refractivity contribution in [2.24, 2.45) is 0 Å². The zero-order valence-electron chi connectivity index (χ0n) is 33.5. The van der Waals surface area contributed by atoms with E-state index in [2.05, 4.69) is 102 Å². The molecule has 0 aliphatic rings. The molecule has 4 aromatic carbocycles. The first kappa shape index (κ1) is 41.3. The van der Waals surface area contributed by atoms with Crippen LogP contribution in [0.5, 0.6) is 11.5 Å². The van der Waals surface area contributed by atoms with Gasteiger partial charge in [-0.15, -0.1) is 0 Å². The van der Waals surface area contributed by atoms with E-state index in [0.29, 0.717) is 29.0 Å². The molecule has 1 atom stereocenters. The maximum absolute atomic E-state index is 14.2. The van der Waals surface area contributed by atoms with E-state index in [1.165, 1.54) is 5.56 Å². The van der Waals surface area contributed by atoms with Crippen molar-refractivity contribution < 1.29 is 19.1 Å². The summed E-state index contributed by atoms with van der Waals surface area (Å²) in [5.41, 5.74) is 7.14. The molecule has 0 aromatic heterocycles. The average Bonchev–Trinajstić information content (AvgIpc) is 3.15. The minimum atomic E-state index is -0.838. The monoisotopic (exact) mass is 739 g/mol. The fraction of sp³-hybridized carbons (Fsp3) is 0.422. The normalized spacial score (nSPS) is 12.2. The maximum Gasteiger partial charge on any atom is 0.343 e. The maximum atomic E-state index is 14.2. The Labute approximate surface area is 322 Å². The van der Waals surface area contributed by atoms with E-state index < -0.39 is 12.1 Å². The van der Waals surface area contributed by atoms with Crippen molar-refractivity contribution in [1.82, 2.24) is 0 Å². The fourth-order valence-corrected chi connectivity index (χ4v) is 6.40. The lowest BCUT2D eigenvalue weighted by Crippen LogP contribution is -2.33. The number of nitrogens with zero attached hydrogens (tertiary/aromatic N) is 1. The van der Waals surface area contributed by atoms with E-state index in [9.17, 15) is 9.59 Å². The van der Waals surface area contributed by atoms with Crippen LogP contribution in [0, 0.1) is 13.8 Å². The van der Waals surface area contributed by atoms with Crippen LogP contribution in [0.4, 0.5) is 22.7 Å². The lowest BCUT2D eigenvalue weighted by atomic mass is 9.76. The van der Waals surface area contributed by atoms with Gasteiger partial charge in [0.25, 0.3) is 5.91 Å². The molecule has 0 fully saturated rings. The summed E-state index contributed by atoms with van der Waals surface area (Å²) in [6.45, 7) is 25.2. The molecule has 7 nitrogen and oxygen atoms in total. The van der Waals surface area contributed by atoms with Crippen LogP contribution in [0.3, 0.4) is 0 Å². The molecule has 1 unspecified atom stereocenters. The summed E-state index contributed by atoms with van der Waals surface area (Å²) >= 11 is 7.02. The van der Waals surface area contributed by atoms with Gasteiger partial charge in [0.05, 0.1) is 16.3 Å². The molecule has 0 aliphatic carbocycles. The highest BCUT2D eigenvalue weighted by atomic mass is 35.5. The van der Waals surface area contributed by atoms with Crippen LogP contribution in [0.15, 0.2) is 72.8 Å². The van der Waals surface area contributed by atoms with Crippen LogP contribution in [0.1, 0.15) is 114 Å². The number of ether oxygens (including phenoxy) is 2. The minimum absolute atomic E-state index is 0.00534. The van der Waals surface area contributed by atoms with Gasteiger partial charge in [0.2, 0.25) is 0 Å². The Hall–Kier alpha value is -4.49. The standard InChI is InChI=1S/C45H58ClN3O4/c1-12-38(52-39-25-22-32(44(8,9)13-2)27-34(39)45(10,11)14-3)42(50)48-37-28-36(47-35-24-23-33(26-29(35)6)49(15-4)16-5)30(7)40(46)41(37)53-43(51)31-20-18-17-19-21-31/h17-28,38,47H,12-16H2,1-11H3,(H,48,50). The third-order valence-electron chi connectivity index (χ3n) is 10.7. The Balaban J connectivity index is 1.74. The van der Waals surface area contributed by atoms with Crippen LogP contribution < -0.4 is 25.0 Å². The van der Waals surface area contributed by atoms with E-state index in [1.54, 1.807) is 30.3 Å². The van der Waals surface area contributed by atoms with Gasteiger partial charge >= 0.3 is 5.97 Å². The molecule has 2 N–H and O–H groups in total. The van der Waals surface area contributed by atoms with Crippen molar-refractivity contribution in [3.63, 3.8) is 0 Å². The molecule has 1 amide bonds. The number of carbonyl (C=O) groups is 2. The number of halogens is 1. The molecule has 0 radical (unpaired) electrons. The van der Waals surface area contributed by atoms with E-state index in [4.69, 9.17) is 21.1 Å². The van der Waals surface area contributed by atoms with E-state index in [0.717, 1.165) is 48.4 Å². The zero-order valence-corrected chi connectivity index (χ0v) is 34.3. The molecule has 0 saturated carbocycles. The van der Waals surface area contributed by atoms with E-state index >= 15 is 0 Å². The SMILES string of the molecule is CCC(Oc1ccc(C(C)(C)CC)cc1C(C)(C)CC)C(=O)Nc1cc(Nc2ccc(N(CC)CC)cc2C)c(C)c(Cl)c1OC(=O)c1ccccc1. The van der Waals surface area contributed by atoms with Gasteiger partial charge in [-0.05, 0) is 117 Å². The number of nitrogens with one attached hydrogen (secondary N) is 2. The number of hydrogen-bond donors (Lipinski definition) is 2. The van der Waals surface area contributed by atoms with Crippen molar-refractivity contribution in [2.45, 2.75) is 112 Å². The van der Waals surface area contributed by atoms with Gasteiger partial charge in [0.1, 0.15) is 5.75 Å². The summed E-state index contributed by atoms with van der Waals surface area (Å²) in [5.74, 6) is -0.221. The van der Waals surface area contributed by atoms with Gasteiger partial charge < -0.3 is 25.0 Å². The van der Waals surface area contributed by atoms with Gasteiger partial charge in [0.15, 0.2) is 11.9 Å². The highest BCUT2D eigenvalue weighted by Gasteiger charge is 2.30. The topological polar surface area (TPSA) is 79.9 Å². The molecule has 0 saturated heterocycles. The summed E-state index contributed by atoms with van der Waals surface area (Å²) in [6.07, 6.45) is 1.46. The number of esters is 1. The Bertz CT molecular complexity index is 1900. The van der Waals surface area contributed by atoms with E-state index in [-0.39, 0.29) is 33.2 Å². The molecule has 4 rings (SSSR count). The first-order chi connectivity index (χ1) is 25.1. The largest absolute Gasteiger partial charge is 0.480 e. The highest BCUT2D eigenvalue weighted by molar-refractivity contribution is 6.34. The van der Waals surface area contributed by atoms with Crippen molar-refractivity contribution in [3.8, 4) is 11.5 Å². The van der Waals surface area contributed by atoms with Crippen LogP contribution in [0.2, 0.25) is 5.02 Å². The first-order valence-electron chi connectivity index (χ1n) is 19.0. The average molecular weight is 740 g/mol. The molecule has 284 valence electrons. The Morgan fingerprint density at radius 2 is 1.45 bits per heavy atom. The fourth-order valence-electron chi connectivity index (χ4n) is 6.16. The summed E-state index contributed by atoms with van der Waals surface area (Å²) < 4.78 is 12.5. The molecule has 0 aliphatic heterocycles. The number of amides is 1. The van der Waals surface area contributed by atoms with Crippen molar-refractivity contribution in [2.75, 3.05) is 28.6 Å². The molecule has 53 heavy (non-hydrogen) atoms. The summed E-state index contributed by atoms with van der Waals surface area (Å²) in [5, 5.41) is 6.76.